The fraction of sp³-hybridized carbons (Fsp3) is 0.545. The van der Waals surface area contributed by atoms with E-state index < -0.39 is 11.6 Å². The lowest BCUT2D eigenvalue weighted by Gasteiger charge is -2.32. The van der Waals surface area contributed by atoms with Gasteiger partial charge in [-0.25, -0.2) is 13.8 Å². The molecule has 2 rings (SSSR count). The molecule has 0 amide bonds. The molecule has 0 bridgehead atoms. The Morgan fingerprint density at radius 3 is 2.59 bits per heavy atom. The first kappa shape index (κ1) is 12.0. The smallest absolute Gasteiger partial charge is 0.168 e. The summed E-state index contributed by atoms with van der Waals surface area (Å²) in [5.74, 6) is -1.46. The molecule has 0 aromatic carbocycles. The van der Waals surface area contributed by atoms with E-state index in [1.807, 2.05) is 0 Å². The van der Waals surface area contributed by atoms with Crippen LogP contribution in [0.25, 0.3) is 0 Å². The molecule has 0 radical (unpaired) electrons. The lowest BCUT2D eigenvalue weighted by atomic mass is 9.98. The first-order valence-electron chi connectivity index (χ1n) is 5.59. The molecule has 0 atom stereocenters. The van der Waals surface area contributed by atoms with Gasteiger partial charge < -0.3 is 15.7 Å². The number of nitrogen functional groups attached to an aromatic ring is 1. The summed E-state index contributed by atoms with van der Waals surface area (Å²) in [4.78, 5) is 5.47. The van der Waals surface area contributed by atoms with E-state index in [9.17, 15) is 8.78 Å². The van der Waals surface area contributed by atoms with Gasteiger partial charge in [-0.2, -0.15) is 0 Å². The molecule has 4 nitrogen and oxygen atoms in total. The molecule has 2 heterocycles. The third-order valence-electron chi connectivity index (χ3n) is 3.11. The van der Waals surface area contributed by atoms with Gasteiger partial charge in [0.1, 0.15) is 0 Å². The zero-order valence-electron chi connectivity index (χ0n) is 9.37. The van der Waals surface area contributed by atoms with Gasteiger partial charge in [0.25, 0.3) is 0 Å². The number of aromatic nitrogens is 1. The number of rotatable bonds is 2. The Kier molecular flexibility index (Phi) is 3.42. The van der Waals surface area contributed by atoms with Crippen molar-refractivity contribution in [3.63, 3.8) is 0 Å². The molecule has 0 unspecified atom stereocenters. The number of aliphatic hydroxyl groups excluding tert-OH is 1. The lowest BCUT2D eigenvalue weighted by Crippen LogP contribution is -2.36. The molecule has 1 aliphatic heterocycles. The molecule has 17 heavy (non-hydrogen) atoms. The summed E-state index contributed by atoms with van der Waals surface area (Å²) in [6.07, 6.45) is 1.55. The van der Waals surface area contributed by atoms with Gasteiger partial charge in [0.15, 0.2) is 23.3 Å². The van der Waals surface area contributed by atoms with Gasteiger partial charge in [-0.05, 0) is 18.8 Å². The van der Waals surface area contributed by atoms with Crippen LogP contribution in [-0.2, 0) is 0 Å². The first-order chi connectivity index (χ1) is 8.11. The number of hydrogen-bond donors (Lipinski definition) is 2. The van der Waals surface area contributed by atoms with E-state index in [0.29, 0.717) is 13.1 Å². The summed E-state index contributed by atoms with van der Waals surface area (Å²) in [6.45, 7) is 1.34. The highest BCUT2D eigenvalue weighted by Gasteiger charge is 2.22. The molecule has 0 saturated carbocycles. The van der Waals surface area contributed by atoms with E-state index in [2.05, 4.69) is 4.98 Å². The van der Waals surface area contributed by atoms with Gasteiger partial charge in [0.05, 0.1) is 0 Å². The van der Waals surface area contributed by atoms with Gasteiger partial charge in [-0.15, -0.1) is 0 Å². The van der Waals surface area contributed by atoms with Crippen molar-refractivity contribution in [3.05, 3.63) is 17.7 Å². The van der Waals surface area contributed by atoms with E-state index >= 15 is 0 Å². The molecule has 6 heteroatoms. The van der Waals surface area contributed by atoms with Crippen LogP contribution in [0.15, 0.2) is 6.07 Å². The van der Waals surface area contributed by atoms with Crippen molar-refractivity contribution in [1.82, 2.24) is 4.98 Å². The third-order valence-corrected chi connectivity index (χ3v) is 3.11. The number of nitrogens with two attached hydrogens (primary N) is 1. The predicted molar refractivity (Wildman–Crippen MR) is 60.6 cm³/mol. The van der Waals surface area contributed by atoms with Crippen molar-refractivity contribution in [3.8, 4) is 0 Å². The quantitative estimate of drug-likeness (QED) is 0.818. The highest BCUT2D eigenvalue weighted by molar-refractivity contribution is 5.47. The highest BCUT2D eigenvalue weighted by atomic mass is 19.1. The second kappa shape index (κ2) is 4.83. The summed E-state index contributed by atoms with van der Waals surface area (Å²) in [6, 6.07) is 0.760. The van der Waals surface area contributed by atoms with Crippen molar-refractivity contribution < 1.29 is 13.9 Å². The Hall–Kier alpha value is -1.43. The molecule has 94 valence electrons. The largest absolute Gasteiger partial charge is 0.396 e. The number of piperidine rings is 1. The monoisotopic (exact) mass is 243 g/mol. The van der Waals surface area contributed by atoms with Crippen molar-refractivity contribution in [2.24, 2.45) is 5.92 Å². The van der Waals surface area contributed by atoms with Crippen molar-refractivity contribution in [2.75, 3.05) is 30.3 Å². The second-order valence-corrected chi connectivity index (χ2v) is 4.27. The Balaban J connectivity index is 2.16. The average Bonchev–Trinajstić information content (AvgIpc) is 2.34. The maximum absolute atomic E-state index is 13.5. The second-order valence-electron chi connectivity index (χ2n) is 4.27. The zero-order chi connectivity index (χ0) is 12.4. The summed E-state index contributed by atoms with van der Waals surface area (Å²) in [5, 5.41) is 9.01. The van der Waals surface area contributed by atoms with Crippen molar-refractivity contribution in [1.29, 1.82) is 0 Å². The van der Waals surface area contributed by atoms with Crippen LogP contribution in [-0.4, -0.2) is 29.8 Å². The molecule has 1 saturated heterocycles. The van der Waals surface area contributed by atoms with E-state index in [1.54, 1.807) is 4.90 Å². The Bertz CT molecular complexity index is 406. The van der Waals surface area contributed by atoms with E-state index in [4.69, 9.17) is 10.8 Å². The number of nitrogens with zero attached hydrogens (tertiary/aromatic N) is 2. The first-order valence-corrected chi connectivity index (χ1v) is 5.59. The third kappa shape index (κ3) is 2.46. The van der Waals surface area contributed by atoms with Crippen LogP contribution >= 0.6 is 0 Å². The molecular formula is C11H15F2N3O. The number of halogens is 2. The Morgan fingerprint density at radius 1 is 1.35 bits per heavy atom. The van der Waals surface area contributed by atoms with Crippen LogP contribution in [0.3, 0.4) is 0 Å². The van der Waals surface area contributed by atoms with E-state index in [0.717, 1.165) is 18.9 Å². The van der Waals surface area contributed by atoms with Gasteiger partial charge in [-0.1, -0.05) is 0 Å². The standard InChI is InChI=1S/C11H15F2N3O/c12-8-5-9(13)11(15-10(8)14)16-3-1-7(6-17)2-4-16/h5,7,17H,1-4,6H2,(H2,14,15). The van der Waals surface area contributed by atoms with E-state index in [-0.39, 0.29) is 24.2 Å². The summed E-state index contributed by atoms with van der Waals surface area (Å²) in [5.41, 5.74) is 5.33. The Morgan fingerprint density at radius 2 is 2.00 bits per heavy atom. The molecule has 1 aromatic rings. The molecule has 1 aliphatic rings. The molecule has 3 N–H and O–H groups in total. The highest BCUT2D eigenvalue weighted by Crippen LogP contribution is 2.25. The summed E-state index contributed by atoms with van der Waals surface area (Å²) in [7, 11) is 0. The van der Waals surface area contributed by atoms with Crippen molar-refractivity contribution in [2.45, 2.75) is 12.8 Å². The maximum atomic E-state index is 13.5. The predicted octanol–water partition coefficient (Wildman–Crippen LogP) is 1.15. The molecule has 0 aliphatic carbocycles. The number of anilines is 2. The molecule has 1 aromatic heterocycles. The van der Waals surface area contributed by atoms with Gasteiger partial charge in [0.2, 0.25) is 0 Å². The average molecular weight is 243 g/mol. The molecule has 1 fully saturated rings. The van der Waals surface area contributed by atoms with Crippen LogP contribution in [0.5, 0.6) is 0 Å². The fourth-order valence-corrected chi connectivity index (χ4v) is 2.02. The minimum Gasteiger partial charge on any atom is -0.396 e. The van der Waals surface area contributed by atoms with Crippen LogP contribution in [0.2, 0.25) is 0 Å². The maximum Gasteiger partial charge on any atom is 0.168 e. The molecular weight excluding hydrogens is 228 g/mol. The minimum absolute atomic E-state index is 0.0975. The minimum atomic E-state index is -0.837. The summed E-state index contributed by atoms with van der Waals surface area (Å²) < 4.78 is 26.5. The van der Waals surface area contributed by atoms with Crippen molar-refractivity contribution >= 4 is 11.6 Å². The SMILES string of the molecule is Nc1nc(N2CCC(CO)CC2)c(F)cc1F. The normalized spacial score (nSPS) is 17.5. The Labute approximate surface area is 98.1 Å². The van der Waals surface area contributed by atoms with E-state index in [1.165, 1.54) is 0 Å². The van der Waals surface area contributed by atoms with Crippen LogP contribution < -0.4 is 10.6 Å². The lowest BCUT2D eigenvalue weighted by molar-refractivity contribution is 0.202. The summed E-state index contributed by atoms with van der Waals surface area (Å²) >= 11 is 0. The topological polar surface area (TPSA) is 62.4 Å². The van der Waals surface area contributed by atoms with Gasteiger partial charge in [0, 0.05) is 25.8 Å². The van der Waals surface area contributed by atoms with Gasteiger partial charge in [-0.3, -0.25) is 0 Å². The number of pyridine rings is 1. The van der Waals surface area contributed by atoms with Gasteiger partial charge >= 0.3 is 0 Å². The fourth-order valence-electron chi connectivity index (χ4n) is 2.02. The van der Waals surface area contributed by atoms with Crippen LogP contribution in [0, 0.1) is 17.6 Å². The number of aliphatic hydroxyl groups is 1. The molecule has 0 spiro atoms. The number of hydrogen-bond acceptors (Lipinski definition) is 4. The van der Waals surface area contributed by atoms with Crippen LogP contribution in [0.1, 0.15) is 12.8 Å². The van der Waals surface area contributed by atoms with Crippen LogP contribution in [0.4, 0.5) is 20.4 Å². The zero-order valence-corrected chi connectivity index (χ0v) is 9.37.